The molecule has 1 heterocycles. The smallest absolute Gasteiger partial charge is 0.420 e. The van der Waals surface area contributed by atoms with Crippen LogP contribution in [0.25, 0.3) is 10.8 Å². The maximum absolute atomic E-state index is 14.1. The highest BCUT2D eigenvalue weighted by atomic mass is 19.4. The number of piperidine rings is 1. The number of rotatable bonds is 5. The summed E-state index contributed by atoms with van der Waals surface area (Å²) in [7, 11) is 0. The van der Waals surface area contributed by atoms with Gasteiger partial charge in [-0.25, -0.2) is 5.53 Å². The van der Waals surface area contributed by atoms with Gasteiger partial charge in [-0.1, -0.05) is 18.2 Å². The minimum atomic E-state index is -4.69. The summed E-state index contributed by atoms with van der Waals surface area (Å²) in [6, 6.07) is 7.66. The van der Waals surface area contributed by atoms with Gasteiger partial charge in [0.15, 0.2) is 5.84 Å². The SMILES string of the molecule is N=N/C(=N\N)C1CCN(Cc2ccc3c(C(F)(F)F)c(OC4CCC(C(F)(F)F)CC4)ccc3c2)CC1. The first kappa shape index (κ1) is 27.2. The first-order chi connectivity index (χ1) is 17.5. The number of nitrogens with one attached hydrogen (secondary N) is 1. The summed E-state index contributed by atoms with van der Waals surface area (Å²) in [5.41, 5.74) is 7.11. The first-order valence-electron chi connectivity index (χ1n) is 12.2. The van der Waals surface area contributed by atoms with Crippen molar-refractivity contribution >= 4 is 16.6 Å². The number of hydrogen-bond acceptors (Lipinski definition) is 5. The van der Waals surface area contributed by atoms with Gasteiger partial charge >= 0.3 is 12.4 Å². The summed E-state index contributed by atoms with van der Waals surface area (Å²) in [5, 5.41) is 7.34. The molecule has 6 nitrogen and oxygen atoms in total. The summed E-state index contributed by atoms with van der Waals surface area (Å²) in [4.78, 5) is 2.18. The Morgan fingerprint density at radius 1 is 0.973 bits per heavy atom. The Labute approximate surface area is 210 Å². The van der Waals surface area contributed by atoms with Gasteiger partial charge < -0.3 is 10.6 Å². The Hall–Kier alpha value is -2.89. The van der Waals surface area contributed by atoms with Gasteiger partial charge in [-0.05, 0) is 80.1 Å². The van der Waals surface area contributed by atoms with Crippen molar-refractivity contribution in [3.05, 3.63) is 41.5 Å². The third-order valence-corrected chi connectivity index (χ3v) is 7.37. The van der Waals surface area contributed by atoms with Crippen molar-refractivity contribution in [3.8, 4) is 5.75 Å². The van der Waals surface area contributed by atoms with E-state index in [9.17, 15) is 26.3 Å². The van der Waals surface area contributed by atoms with Gasteiger partial charge in [0, 0.05) is 12.5 Å². The highest BCUT2D eigenvalue weighted by molar-refractivity contribution is 5.89. The van der Waals surface area contributed by atoms with E-state index in [0.29, 0.717) is 30.9 Å². The van der Waals surface area contributed by atoms with Crippen LogP contribution in [0.2, 0.25) is 0 Å². The number of fused-ring (bicyclic) bond motifs is 1. The Bertz CT molecular complexity index is 1130. The van der Waals surface area contributed by atoms with Crippen molar-refractivity contribution < 1.29 is 31.1 Å². The molecule has 0 atom stereocenters. The molecule has 2 aliphatic rings. The Kier molecular flexibility index (Phi) is 7.96. The molecule has 0 amide bonds. The molecular formula is C25H29F6N5O. The number of hydrogen-bond donors (Lipinski definition) is 2. The van der Waals surface area contributed by atoms with Gasteiger partial charge in [0.05, 0.1) is 12.0 Å². The fourth-order valence-corrected chi connectivity index (χ4v) is 5.37. The molecule has 1 saturated carbocycles. The second-order valence-electron chi connectivity index (χ2n) is 9.77. The molecule has 2 aromatic rings. The molecule has 1 saturated heterocycles. The van der Waals surface area contributed by atoms with Crippen LogP contribution in [-0.2, 0) is 12.7 Å². The van der Waals surface area contributed by atoms with Crippen molar-refractivity contribution in [2.75, 3.05) is 13.1 Å². The average molecular weight is 530 g/mol. The van der Waals surface area contributed by atoms with Gasteiger partial charge in [0.1, 0.15) is 11.3 Å². The molecule has 4 rings (SSSR count). The van der Waals surface area contributed by atoms with Crippen LogP contribution in [0.5, 0.6) is 5.75 Å². The van der Waals surface area contributed by atoms with Crippen molar-refractivity contribution in [3.63, 3.8) is 0 Å². The third-order valence-electron chi connectivity index (χ3n) is 7.37. The predicted molar refractivity (Wildman–Crippen MR) is 126 cm³/mol. The molecule has 2 fully saturated rings. The van der Waals surface area contributed by atoms with Crippen molar-refractivity contribution in [1.29, 1.82) is 5.53 Å². The minimum absolute atomic E-state index is 0.00251. The van der Waals surface area contributed by atoms with Crippen LogP contribution in [-0.4, -0.2) is 36.1 Å². The quantitative estimate of drug-likeness (QED) is 0.111. The lowest BCUT2D eigenvalue weighted by atomic mass is 9.87. The largest absolute Gasteiger partial charge is 0.490 e. The second kappa shape index (κ2) is 10.8. The van der Waals surface area contributed by atoms with Gasteiger partial charge in [0.2, 0.25) is 0 Å². The maximum Gasteiger partial charge on any atom is 0.420 e. The number of halogens is 6. The zero-order chi connectivity index (χ0) is 26.8. The molecule has 0 unspecified atom stereocenters. The molecular weight excluding hydrogens is 500 g/mol. The highest BCUT2D eigenvalue weighted by Gasteiger charge is 2.42. The second-order valence-corrected chi connectivity index (χ2v) is 9.77. The molecule has 37 heavy (non-hydrogen) atoms. The number of hydrazone groups is 1. The molecule has 202 valence electrons. The van der Waals surface area contributed by atoms with E-state index in [2.05, 4.69) is 15.1 Å². The highest BCUT2D eigenvalue weighted by Crippen LogP contribution is 2.44. The predicted octanol–water partition coefficient (Wildman–Crippen LogP) is 6.87. The number of alkyl halides is 6. The maximum atomic E-state index is 14.1. The summed E-state index contributed by atoms with van der Waals surface area (Å²) in [6.07, 6.45) is -8.39. The molecule has 0 bridgehead atoms. The van der Waals surface area contributed by atoms with E-state index in [0.717, 1.165) is 18.4 Å². The number of amidine groups is 1. The molecule has 3 N–H and O–H groups in total. The van der Waals surface area contributed by atoms with E-state index in [-0.39, 0.29) is 42.7 Å². The van der Waals surface area contributed by atoms with Crippen molar-refractivity contribution in [2.45, 2.75) is 63.5 Å². The fourth-order valence-electron chi connectivity index (χ4n) is 5.37. The Morgan fingerprint density at radius 3 is 2.22 bits per heavy atom. The topological polar surface area (TPSA) is 87.1 Å². The molecule has 12 heteroatoms. The monoisotopic (exact) mass is 529 g/mol. The van der Waals surface area contributed by atoms with E-state index >= 15 is 0 Å². The van der Waals surface area contributed by atoms with Gasteiger partial charge in [-0.3, -0.25) is 4.90 Å². The number of nitrogens with zero attached hydrogens (tertiary/aromatic N) is 3. The van der Waals surface area contributed by atoms with Crippen LogP contribution >= 0.6 is 0 Å². The molecule has 0 spiro atoms. The van der Waals surface area contributed by atoms with Crippen LogP contribution in [0.3, 0.4) is 0 Å². The summed E-state index contributed by atoms with van der Waals surface area (Å²) >= 11 is 0. The van der Waals surface area contributed by atoms with E-state index < -0.39 is 29.9 Å². The van der Waals surface area contributed by atoms with Crippen molar-refractivity contribution in [1.82, 2.24) is 4.90 Å². The lowest BCUT2D eigenvalue weighted by Crippen LogP contribution is -2.35. The van der Waals surface area contributed by atoms with E-state index in [4.69, 9.17) is 16.1 Å². The molecule has 0 aromatic heterocycles. The average Bonchev–Trinajstić information content (AvgIpc) is 2.85. The molecule has 2 aromatic carbocycles. The molecule has 0 radical (unpaired) electrons. The van der Waals surface area contributed by atoms with Crippen LogP contribution in [0, 0.1) is 17.4 Å². The van der Waals surface area contributed by atoms with E-state index in [1.165, 1.54) is 12.1 Å². The standard InChI is InChI=1S/C25H29F6N5O/c26-24(27,28)18-3-5-19(6-4-18)37-21-8-2-17-13-15(1-7-20(17)22(21)25(29,30)31)14-36-11-9-16(10-12-36)23(34-32)35-33/h1-2,7-8,13,16,18-19,32H,3-6,9-12,14,33H2/b34-32?,35-23-. The fraction of sp³-hybridized carbons (Fsp3) is 0.560. The number of likely N-dealkylation sites (tertiary alicyclic amines) is 1. The zero-order valence-electron chi connectivity index (χ0n) is 20.1. The van der Waals surface area contributed by atoms with Gasteiger partial charge in [-0.15, -0.1) is 5.11 Å². The molecule has 1 aliphatic heterocycles. The first-order valence-corrected chi connectivity index (χ1v) is 12.2. The van der Waals surface area contributed by atoms with Crippen LogP contribution in [0.1, 0.15) is 49.7 Å². The summed E-state index contributed by atoms with van der Waals surface area (Å²) < 4.78 is 86.8. The van der Waals surface area contributed by atoms with Crippen LogP contribution in [0.4, 0.5) is 26.3 Å². The van der Waals surface area contributed by atoms with Gasteiger partial charge in [-0.2, -0.15) is 31.4 Å². The zero-order valence-corrected chi connectivity index (χ0v) is 20.1. The third kappa shape index (κ3) is 6.34. The normalized spacial score (nSPS) is 22.8. The van der Waals surface area contributed by atoms with Gasteiger partial charge in [0.25, 0.3) is 0 Å². The summed E-state index contributed by atoms with van der Waals surface area (Å²) in [6.45, 7) is 1.99. The Morgan fingerprint density at radius 2 is 1.65 bits per heavy atom. The minimum Gasteiger partial charge on any atom is -0.490 e. The number of benzene rings is 2. The number of nitrogens with two attached hydrogens (primary N) is 1. The van der Waals surface area contributed by atoms with E-state index in [1.807, 2.05) is 0 Å². The van der Waals surface area contributed by atoms with Crippen LogP contribution < -0.4 is 10.6 Å². The van der Waals surface area contributed by atoms with E-state index in [1.54, 1.807) is 18.2 Å². The number of ether oxygens (including phenoxy) is 1. The van der Waals surface area contributed by atoms with Crippen LogP contribution in [0.15, 0.2) is 40.5 Å². The lowest BCUT2D eigenvalue weighted by molar-refractivity contribution is -0.185. The van der Waals surface area contributed by atoms with Crippen molar-refractivity contribution in [2.24, 2.45) is 27.9 Å². The Balaban J connectivity index is 1.48. The lowest BCUT2D eigenvalue weighted by Gasteiger charge is -2.31. The molecule has 1 aliphatic carbocycles. The summed E-state index contributed by atoms with van der Waals surface area (Å²) in [5.74, 6) is 3.84.